The van der Waals surface area contributed by atoms with Gasteiger partial charge < -0.3 is 10.1 Å². The molecule has 0 aromatic heterocycles. The molecule has 1 aliphatic rings. The maximum atomic E-state index is 12.4. The molecule has 7 heteroatoms. The third-order valence-corrected chi connectivity index (χ3v) is 4.90. The molecular weight excluding hydrogens is 328 g/mol. The normalized spacial score (nSPS) is 16.3. The Morgan fingerprint density at radius 2 is 2.04 bits per heavy atom. The van der Waals surface area contributed by atoms with Crippen LogP contribution < -0.4 is 15.2 Å². The van der Waals surface area contributed by atoms with E-state index in [1.54, 1.807) is 13.0 Å². The lowest BCUT2D eigenvalue weighted by Gasteiger charge is -2.13. The molecule has 0 saturated heterocycles. The molecule has 0 spiro atoms. The van der Waals surface area contributed by atoms with Crippen molar-refractivity contribution in [2.75, 3.05) is 6.54 Å². The van der Waals surface area contributed by atoms with Gasteiger partial charge in [0.2, 0.25) is 10.0 Å². The Hall–Kier alpha value is -2.38. The average Bonchev–Trinajstić information content (AvgIpc) is 2.94. The number of fused-ring (bicyclic) bond motifs is 1. The molecule has 6 nitrogen and oxygen atoms in total. The highest BCUT2D eigenvalue weighted by Gasteiger charge is 2.23. The van der Waals surface area contributed by atoms with Crippen LogP contribution in [0.25, 0.3) is 0 Å². The zero-order valence-corrected chi connectivity index (χ0v) is 14.0. The first kappa shape index (κ1) is 16.5. The number of carbonyl (C=O) groups excluding carboxylic acids is 1. The average molecular weight is 346 g/mol. The van der Waals surface area contributed by atoms with Crippen LogP contribution in [-0.2, 0) is 16.4 Å². The maximum absolute atomic E-state index is 12.4. The Bertz CT molecular complexity index is 868. The summed E-state index contributed by atoms with van der Waals surface area (Å²) in [6.07, 6.45) is 0.597. The Labute approximate surface area is 140 Å². The molecule has 0 saturated carbocycles. The van der Waals surface area contributed by atoms with Gasteiger partial charge in [0.15, 0.2) is 0 Å². The smallest absolute Gasteiger partial charge is 0.251 e. The van der Waals surface area contributed by atoms with Crippen molar-refractivity contribution in [2.45, 2.75) is 24.3 Å². The van der Waals surface area contributed by atoms with Gasteiger partial charge in [-0.1, -0.05) is 24.3 Å². The molecule has 0 aliphatic carbocycles. The largest absolute Gasteiger partial charge is 0.488 e. The van der Waals surface area contributed by atoms with E-state index in [0.717, 1.165) is 17.7 Å². The minimum Gasteiger partial charge on any atom is -0.488 e. The number of nitrogens with one attached hydrogen (secondary N) is 1. The standard InChI is InChI=1S/C17H18N2O4S/c1-11-6-7-14(24(18,21)22)9-15(11)17(20)19-10-13-8-12-4-2-3-5-16(12)23-13/h2-7,9,13H,8,10H2,1H3,(H,19,20)(H2,18,21,22)/t13-/m1/s1. The number of primary sulfonamides is 1. The molecule has 3 rings (SSSR count). The topological polar surface area (TPSA) is 98.5 Å². The summed E-state index contributed by atoms with van der Waals surface area (Å²) in [6.45, 7) is 2.08. The third kappa shape index (κ3) is 3.42. The Morgan fingerprint density at radius 3 is 2.75 bits per heavy atom. The van der Waals surface area contributed by atoms with Crippen LogP contribution in [0.1, 0.15) is 21.5 Å². The monoisotopic (exact) mass is 346 g/mol. The van der Waals surface area contributed by atoms with Crippen molar-refractivity contribution in [3.8, 4) is 5.75 Å². The first-order valence-electron chi connectivity index (χ1n) is 7.51. The van der Waals surface area contributed by atoms with Crippen molar-refractivity contribution in [3.05, 3.63) is 59.2 Å². The second kappa shape index (κ2) is 6.26. The van der Waals surface area contributed by atoms with E-state index in [4.69, 9.17) is 9.88 Å². The van der Waals surface area contributed by atoms with Gasteiger partial charge in [-0.05, 0) is 36.2 Å². The van der Waals surface area contributed by atoms with Crippen LogP contribution in [0.3, 0.4) is 0 Å². The van der Waals surface area contributed by atoms with E-state index in [2.05, 4.69) is 5.32 Å². The molecule has 0 unspecified atom stereocenters. The summed E-state index contributed by atoms with van der Waals surface area (Å²) < 4.78 is 28.6. The second-order valence-electron chi connectivity index (χ2n) is 5.78. The van der Waals surface area contributed by atoms with Gasteiger partial charge >= 0.3 is 0 Å². The summed E-state index contributed by atoms with van der Waals surface area (Å²) in [5, 5.41) is 7.91. The lowest BCUT2D eigenvalue weighted by atomic mass is 10.1. The van der Waals surface area contributed by atoms with E-state index >= 15 is 0 Å². The summed E-state index contributed by atoms with van der Waals surface area (Å²) in [7, 11) is -3.85. The number of hydrogen-bond acceptors (Lipinski definition) is 4. The fourth-order valence-electron chi connectivity index (χ4n) is 2.69. The molecule has 1 aliphatic heterocycles. The molecule has 2 aromatic carbocycles. The van der Waals surface area contributed by atoms with E-state index in [9.17, 15) is 13.2 Å². The first-order valence-corrected chi connectivity index (χ1v) is 9.05. The molecule has 126 valence electrons. The predicted octanol–water partition coefficient (Wildman–Crippen LogP) is 1.38. The van der Waals surface area contributed by atoms with Crippen LogP contribution in [0.5, 0.6) is 5.75 Å². The van der Waals surface area contributed by atoms with Crippen molar-refractivity contribution < 1.29 is 17.9 Å². The zero-order chi connectivity index (χ0) is 17.3. The quantitative estimate of drug-likeness (QED) is 0.873. The summed E-state index contributed by atoms with van der Waals surface area (Å²) in [5.41, 5.74) is 2.08. The molecular formula is C17H18N2O4S. The molecule has 1 atom stereocenters. The van der Waals surface area contributed by atoms with Gasteiger partial charge in [0, 0.05) is 12.0 Å². The SMILES string of the molecule is Cc1ccc(S(N)(=O)=O)cc1C(=O)NC[C@H]1Cc2ccccc2O1. The van der Waals surface area contributed by atoms with Gasteiger partial charge in [-0.25, -0.2) is 13.6 Å². The van der Waals surface area contributed by atoms with Crippen LogP contribution in [0.15, 0.2) is 47.4 Å². The van der Waals surface area contributed by atoms with Gasteiger partial charge in [-0.3, -0.25) is 4.79 Å². The lowest BCUT2D eigenvalue weighted by Crippen LogP contribution is -2.34. The zero-order valence-electron chi connectivity index (χ0n) is 13.2. The number of carbonyl (C=O) groups is 1. The van der Waals surface area contributed by atoms with Gasteiger partial charge in [-0.15, -0.1) is 0 Å². The molecule has 2 aromatic rings. The maximum Gasteiger partial charge on any atom is 0.251 e. The first-order chi connectivity index (χ1) is 11.3. The van der Waals surface area contributed by atoms with Crippen molar-refractivity contribution in [1.29, 1.82) is 0 Å². The van der Waals surface area contributed by atoms with Gasteiger partial charge in [-0.2, -0.15) is 0 Å². The Balaban J connectivity index is 1.68. The molecule has 0 fully saturated rings. The van der Waals surface area contributed by atoms with Crippen LogP contribution in [0, 0.1) is 6.92 Å². The highest BCUT2D eigenvalue weighted by atomic mass is 32.2. The summed E-state index contributed by atoms with van der Waals surface area (Å²) >= 11 is 0. The molecule has 1 amide bonds. The highest BCUT2D eigenvalue weighted by molar-refractivity contribution is 7.89. The molecule has 3 N–H and O–H groups in total. The summed E-state index contributed by atoms with van der Waals surface area (Å²) in [4.78, 5) is 12.3. The van der Waals surface area contributed by atoms with E-state index in [0.29, 0.717) is 12.1 Å². The lowest BCUT2D eigenvalue weighted by molar-refractivity contribution is 0.0932. The predicted molar refractivity (Wildman–Crippen MR) is 89.4 cm³/mol. The number of para-hydroxylation sites is 1. The number of benzene rings is 2. The second-order valence-corrected chi connectivity index (χ2v) is 7.34. The van der Waals surface area contributed by atoms with Crippen molar-refractivity contribution in [3.63, 3.8) is 0 Å². The number of ether oxygens (including phenoxy) is 1. The molecule has 24 heavy (non-hydrogen) atoms. The number of sulfonamides is 1. The van der Waals surface area contributed by atoms with Gasteiger partial charge in [0.05, 0.1) is 11.4 Å². The van der Waals surface area contributed by atoms with Gasteiger partial charge in [0.25, 0.3) is 5.91 Å². The van der Waals surface area contributed by atoms with Crippen molar-refractivity contribution in [1.82, 2.24) is 5.32 Å². The van der Waals surface area contributed by atoms with Gasteiger partial charge in [0.1, 0.15) is 11.9 Å². The number of rotatable bonds is 4. The minimum atomic E-state index is -3.85. The van der Waals surface area contributed by atoms with E-state index in [1.807, 2.05) is 24.3 Å². The number of amides is 1. The Morgan fingerprint density at radius 1 is 1.29 bits per heavy atom. The summed E-state index contributed by atoms with van der Waals surface area (Å²) in [6, 6.07) is 12.0. The van der Waals surface area contributed by atoms with E-state index in [1.165, 1.54) is 12.1 Å². The molecule has 0 bridgehead atoms. The third-order valence-electron chi connectivity index (χ3n) is 3.99. The van der Waals surface area contributed by atoms with Crippen LogP contribution in [-0.4, -0.2) is 27.0 Å². The molecule has 0 radical (unpaired) electrons. The van der Waals surface area contributed by atoms with Crippen LogP contribution in [0.4, 0.5) is 0 Å². The number of nitrogens with two attached hydrogens (primary N) is 1. The van der Waals surface area contributed by atoms with E-state index in [-0.39, 0.29) is 22.5 Å². The fourth-order valence-corrected chi connectivity index (χ4v) is 3.23. The number of aryl methyl sites for hydroxylation is 1. The van der Waals surface area contributed by atoms with Crippen molar-refractivity contribution >= 4 is 15.9 Å². The molecule has 1 heterocycles. The van der Waals surface area contributed by atoms with Crippen LogP contribution in [0.2, 0.25) is 0 Å². The fraction of sp³-hybridized carbons (Fsp3) is 0.235. The number of hydrogen-bond donors (Lipinski definition) is 2. The van der Waals surface area contributed by atoms with Crippen LogP contribution >= 0.6 is 0 Å². The minimum absolute atomic E-state index is 0.0808. The van der Waals surface area contributed by atoms with E-state index < -0.39 is 10.0 Å². The Kier molecular flexibility index (Phi) is 4.29. The summed E-state index contributed by atoms with van der Waals surface area (Å²) in [5.74, 6) is 0.488. The van der Waals surface area contributed by atoms with Crippen molar-refractivity contribution in [2.24, 2.45) is 5.14 Å². The highest BCUT2D eigenvalue weighted by Crippen LogP contribution is 2.27.